The molecule has 1 spiro atoms. The third-order valence-electron chi connectivity index (χ3n) is 4.99. The number of hydrogen-bond donors (Lipinski definition) is 1. The zero-order valence-corrected chi connectivity index (χ0v) is 10.8. The molecule has 2 atom stereocenters. The van der Waals surface area contributed by atoms with E-state index in [0.717, 1.165) is 25.9 Å². The third-order valence-corrected chi connectivity index (χ3v) is 4.99. The summed E-state index contributed by atoms with van der Waals surface area (Å²) in [5.41, 5.74) is -0.798. The Labute approximate surface area is 108 Å². The summed E-state index contributed by atoms with van der Waals surface area (Å²) in [5.74, 6) is 0.562. The molecule has 2 saturated heterocycles. The molecule has 3 aliphatic rings. The smallest absolute Gasteiger partial charge is 0.133 e. The quantitative estimate of drug-likeness (QED) is 0.769. The highest BCUT2D eigenvalue weighted by molar-refractivity contribution is 5.79. The van der Waals surface area contributed by atoms with Gasteiger partial charge in [0.25, 0.3) is 0 Å². The summed E-state index contributed by atoms with van der Waals surface area (Å²) in [4.78, 5) is 11.3. The predicted octanol–water partition coefficient (Wildman–Crippen LogP) is 1.45. The van der Waals surface area contributed by atoms with E-state index in [1.54, 1.807) is 0 Å². The lowest BCUT2D eigenvalue weighted by molar-refractivity contribution is -0.155. The van der Waals surface area contributed by atoms with Gasteiger partial charge in [-0.15, -0.1) is 0 Å². The van der Waals surface area contributed by atoms with E-state index >= 15 is 0 Å². The molecule has 18 heavy (non-hydrogen) atoms. The maximum Gasteiger partial charge on any atom is 0.133 e. The van der Waals surface area contributed by atoms with Crippen molar-refractivity contribution < 1.29 is 19.4 Å². The molecule has 0 aromatic heterocycles. The van der Waals surface area contributed by atoms with Crippen molar-refractivity contribution in [2.45, 2.75) is 56.1 Å². The fraction of sp³-hybridized carbons (Fsp3) is 0.929. The number of carbonyl (C=O) groups excluding carboxylic acids is 1. The Bertz CT molecular complexity index is 323. The largest absolute Gasteiger partial charge is 0.390 e. The van der Waals surface area contributed by atoms with E-state index in [2.05, 4.69) is 0 Å². The molecule has 2 aliphatic heterocycles. The Balaban J connectivity index is 1.69. The number of carbonyl (C=O) groups is 1. The van der Waals surface area contributed by atoms with Crippen molar-refractivity contribution in [1.82, 2.24) is 0 Å². The highest BCUT2D eigenvalue weighted by Gasteiger charge is 2.48. The molecule has 0 amide bonds. The maximum atomic E-state index is 11.3. The highest BCUT2D eigenvalue weighted by Crippen LogP contribution is 2.44. The van der Waals surface area contributed by atoms with E-state index in [-0.39, 0.29) is 11.5 Å². The third kappa shape index (κ3) is 2.22. The van der Waals surface area contributed by atoms with Crippen LogP contribution in [0.5, 0.6) is 0 Å². The number of Topliss-reactive ketones (excluding diaryl/α,β-unsaturated/α-hetero) is 1. The van der Waals surface area contributed by atoms with E-state index < -0.39 is 5.60 Å². The van der Waals surface area contributed by atoms with Crippen LogP contribution in [0.25, 0.3) is 0 Å². The SMILES string of the molecule is O=C1CCC(O)(C2CCOC3(CCOC3)C2)CC1. The molecule has 2 heterocycles. The van der Waals surface area contributed by atoms with Crippen LogP contribution in [0.1, 0.15) is 44.9 Å². The Morgan fingerprint density at radius 2 is 1.94 bits per heavy atom. The number of rotatable bonds is 1. The van der Waals surface area contributed by atoms with Gasteiger partial charge < -0.3 is 14.6 Å². The minimum atomic E-state index is -0.646. The van der Waals surface area contributed by atoms with Gasteiger partial charge in [0.15, 0.2) is 0 Å². The fourth-order valence-corrected chi connectivity index (χ4v) is 3.72. The second-order valence-electron chi connectivity index (χ2n) is 6.17. The second-order valence-corrected chi connectivity index (χ2v) is 6.17. The molecular weight excluding hydrogens is 232 g/mol. The van der Waals surface area contributed by atoms with Crippen molar-refractivity contribution in [3.63, 3.8) is 0 Å². The highest BCUT2D eigenvalue weighted by atomic mass is 16.6. The first-order chi connectivity index (χ1) is 8.62. The van der Waals surface area contributed by atoms with E-state index in [9.17, 15) is 9.90 Å². The van der Waals surface area contributed by atoms with Gasteiger partial charge in [0, 0.05) is 32.5 Å². The monoisotopic (exact) mass is 254 g/mol. The molecule has 3 rings (SSSR count). The van der Waals surface area contributed by atoms with Gasteiger partial charge in [-0.05, 0) is 31.6 Å². The Kier molecular flexibility index (Phi) is 3.20. The summed E-state index contributed by atoms with van der Waals surface area (Å²) in [6, 6.07) is 0. The van der Waals surface area contributed by atoms with Gasteiger partial charge in [0.1, 0.15) is 5.78 Å². The molecule has 4 heteroatoms. The fourth-order valence-electron chi connectivity index (χ4n) is 3.72. The van der Waals surface area contributed by atoms with Crippen molar-refractivity contribution in [2.24, 2.45) is 5.92 Å². The Morgan fingerprint density at radius 3 is 2.61 bits per heavy atom. The van der Waals surface area contributed by atoms with Gasteiger partial charge in [-0.3, -0.25) is 4.79 Å². The van der Waals surface area contributed by atoms with Crippen molar-refractivity contribution in [3.05, 3.63) is 0 Å². The zero-order valence-electron chi connectivity index (χ0n) is 10.8. The molecule has 0 aromatic carbocycles. The lowest BCUT2D eigenvalue weighted by Gasteiger charge is -2.46. The number of hydrogen-bond acceptors (Lipinski definition) is 4. The average molecular weight is 254 g/mol. The number of ketones is 1. The molecular formula is C14H22O4. The van der Waals surface area contributed by atoms with Crippen LogP contribution in [0.3, 0.4) is 0 Å². The first-order valence-corrected chi connectivity index (χ1v) is 7.08. The van der Waals surface area contributed by atoms with Gasteiger partial charge in [-0.1, -0.05) is 0 Å². The molecule has 0 aromatic rings. The van der Waals surface area contributed by atoms with Crippen molar-refractivity contribution in [1.29, 1.82) is 0 Å². The van der Waals surface area contributed by atoms with Crippen LogP contribution in [-0.2, 0) is 14.3 Å². The molecule has 4 nitrogen and oxygen atoms in total. The Hall–Kier alpha value is -0.450. The second kappa shape index (κ2) is 4.58. The Morgan fingerprint density at radius 1 is 1.17 bits per heavy atom. The van der Waals surface area contributed by atoms with Crippen molar-refractivity contribution >= 4 is 5.78 Å². The van der Waals surface area contributed by atoms with Gasteiger partial charge in [0.05, 0.1) is 17.8 Å². The van der Waals surface area contributed by atoms with Crippen molar-refractivity contribution in [2.75, 3.05) is 19.8 Å². The molecule has 1 N–H and O–H groups in total. The standard InChI is InChI=1S/C14H22O4/c15-12-1-4-14(16,5-2-12)11-3-7-18-13(9-11)6-8-17-10-13/h11,16H,1-10H2. The zero-order chi connectivity index (χ0) is 12.6. The first kappa shape index (κ1) is 12.6. The maximum absolute atomic E-state index is 11.3. The number of aliphatic hydroxyl groups is 1. The lowest BCUT2D eigenvalue weighted by Crippen LogP contribution is -2.50. The van der Waals surface area contributed by atoms with Crippen LogP contribution in [-0.4, -0.2) is 41.9 Å². The molecule has 1 saturated carbocycles. The first-order valence-electron chi connectivity index (χ1n) is 7.08. The molecule has 0 radical (unpaired) electrons. The molecule has 0 bridgehead atoms. The van der Waals surface area contributed by atoms with Crippen molar-refractivity contribution in [3.8, 4) is 0 Å². The average Bonchev–Trinajstić information content (AvgIpc) is 2.81. The lowest BCUT2D eigenvalue weighted by atomic mass is 9.69. The van der Waals surface area contributed by atoms with Crippen LogP contribution >= 0.6 is 0 Å². The minimum Gasteiger partial charge on any atom is -0.390 e. The summed E-state index contributed by atoms with van der Waals surface area (Å²) in [5, 5.41) is 10.8. The summed E-state index contributed by atoms with van der Waals surface area (Å²) >= 11 is 0. The summed E-state index contributed by atoms with van der Waals surface area (Å²) in [6.45, 7) is 2.15. The van der Waals surface area contributed by atoms with E-state index in [0.29, 0.717) is 44.7 Å². The van der Waals surface area contributed by atoms with Crippen LogP contribution in [0.2, 0.25) is 0 Å². The van der Waals surface area contributed by atoms with E-state index in [1.165, 1.54) is 0 Å². The van der Waals surface area contributed by atoms with Gasteiger partial charge in [0.2, 0.25) is 0 Å². The van der Waals surface area contributed by atoms with Crippen LogP contribution < -0.4 is 0 Å². The summed E-state index contributed by atoms with van der Waals surface area (Å²) < 4.78 is 11.4. The summed E-state index contributed by atoms with van der Waals surface area (Å²) in [7, 11) is 0. The minimum absolute atomic E-state index is 0.153. The van der Waals surface area contributed by atoms with E-state index in [4.69, 9.17) is 9.47 Å². The topological polar surface area (TPSA) is 55.8 Å². The van der Waals surface area contributed by atoms with Crippen LogP contribution in [0.15, 0.2) is 0 Å². The van der Waals surface area contributed by atoms with Gasteiger partial charge in [-0.2, -0.15) is 0 Å². The molecule has 3 fully saturated rings. The normalized spacial score (nSPS) is 40.3. The molecule has 2 unspecified atom stereocenters. The van der Waals surface area contributed by atoms with Crippen LogP contribution in [0.4, 0.5) is 0 Å². The number of ether oxygens (including phenoxy) is 2. The van der Waals surface area contributed by atoms with E-state index in [1.807, 2.05) is 0 Å². The molecule has 102 valence electrons. The molecule has 1 aliphatic carbocycles. The van der Waals surface area contributed by atoms with Gasteiger partial charge >= 0.3 is 0 Å². The van der Waals surface area contributed by atoms with Crippen LogP contribution in [0, 0.1) is 5.92 Å². The van der Waals surface area contributed by atoms with Gasteiger partial charge in [-0.25, -0.2) is 0 Å². The summed E-state index contributed by atoms with van der Waals surface area (Å²) in [6.07, 6.45) is 5.08. The predicted molar refractivity (Wildman–Crippen MR) is 65.3 cm³/mol.